The first-order valence-corrected chi connectivity index (χ1v) is 7.14. The standard InChI is InChI=1S/C16H20N4O/c1-10-18-15-9-12(17-2)8-14(15)16(19-10)20-11-4-6-13(21-3)7-5-11/h4-7,12,17H,8-9H2,1-3H3,(H,18,19,20). The van der Waals surface area contributed by atoms with Crippen molar-refractivity contribution >= 4 is 11.5 Å². The number of anilines is 2. The van der Waals surface area contributed by atoms with Crippen LogP contribution in [0.2, 0.25) is 0 Å². The first-order chi connectivity index (χ1) is 10.2. The van der Waals surface area contributed by atoms with Crippen molar-refractivity contribution in [3.63, 3.8) is 0 Å². The second-order valence-corrected chi connectivity index (χ2v) is 5.29. The van der Waals surface area contributed by atoms with Crippen LogP contribution in [0.3, 0.4) is 0 Å². The van der Waals surface area contributed by atoms with Crippen LogP contribution >= 0.6 is 0 Å². The molecule has 1 aliphatic rings. The Kier molecular flexibility index (Phi) is 3.75. The van der Waals surface area contributed by atoms with Gasteiger partial charge in [0.25, 0.3) is 0 Å². The second-order valence-electron chi connectivity index (χ2n) is 5.29. The van der Waals surface area contributed by atoms with Gasteiger partial charge >= 0.3 is 0 Å². The summed E-state index contributed by atoms with van der Waals surface area (Å²) in [6.07, 6.45) is 1.93. The van der Waals surface area contributed by atoms with Gasteiger partial charge in [-0.15, -0.1) is 0 Å². The van der Waals surface area contributed by atoms with Crippen molar-refractivity contribution in [1.29, 1.82) is 0 Å². The molecule has 3 rings (SSSR count). The maximum absolute atomic E-state index is 5.18. The predicted molar refractivity (Wildman–Crippen MR) is 83.3 cm³/mol. The average molecular weight is 284 g/mol. The van der Waals surface area contributed by atoms with Gasteiger partial charge in [-0.1, -0.05) is 0 Å². The van der Waals surface area contributed by atoms with Crippen LogP contribution in [0.4, 0.5) is 11.5 Å². The molecule has 1 aromatic heterocycles. The van der Waals surface area contributed by atoms with E-state index in [-0.39, 0.29) is 0 Å². The minimum Gasteiger partial charge on any atom is -0.497 e. The summed E-state index contributed by atoms with van der Waals surface area (Å²) >= 11 is 0. The van der Waals surface area contributed by atoms with Crippen LogP contribution in [0.15, 0.2) is 24.3 Å². The van der Waals surface area contributed by atoms with E-state index in [0.717, 1.165) is 41.6 Å². The number of ether oxygens (including phenoxy) is 1. The lowest BCUT2D eigenvalue weighted by molar-refractivity contribution is 0.415. The van der Waals surface area contributed by atoms with Gasteiger partial charge in [-0.05, 0) is 44.7 Å². The molecule has 1 unspecified atom stereocenters. The minimum atomic E-state index is 0.451. The molecule has 110 valence electrons. The van der Waals surface area contributed by atoms with Gasteiger partial charge in [0.05, 0.1) is 12.8 Å². The largest absolute Gasteiger partial charge is 0.497 e. The molecule has 0 bridgehead atoms. The Balaban J connectivity index is 1.88. The van der Waals surface area contributed by atoms with Crippen LogP contribution in [0.25, 0.3) is 0 Å². The maximum atomic E-state index is 5.18. The van der Waals surface area contributed by atoms with Crippen LogP contribution in [0.5, 0.6) is 5.75 Å². The average Bonchev–Trinajstić information content (AvgIpc) is 2.91. The lowest BCUT2D eigenvalue weighted by atomic mass is 10.2. The molecule has 2 N–H and O–H groups in total. The fourth-order valence-corrected chi connectivity index (χ4v) is 2.71. The van der Waals surface area contributed by atoms with E-state index >= 15 is 0 Å². The van der Waals surface area contributed by atoms with Gasteiger partial charge in [0, 0.05) is 23.7 Å². The van der Waals surface area contributed by atoms with Crippen molar-refractivity contribution in [2.24, 2.45) is 0 Å². The van der Waals surface area contributed by atoms with E-state index in [2.05, 4.69) is 20.6 Å². The van der Waals surface area contributed by atoms with Gasteiger partial charge in [0.2, 0.25) is 0 Å². The minimum absolute atomic E-state index is 0.451. The third-order valence-electron chi connectivity index (χ3n) is 3.86. The Morgan fingerprint density at radius 1 is 1.14 bits per heavy atom. The Morgan fingerprint density at radius 2 is 1.90 bits per heavy atom. The molecule has 1 heterocycles. The number of nitrogens with zero attached hydrogens (tertiary/aromatic N) is 2. The number of nitrogens with one attached hydrogen (secondary N) is 2. The van der Waals surface area contributed by atoms with Crippen molar-refractivity contribution in [1.82, 2.24) is 15.3 Å². The van der Waals surface area contributed by atoms with E-state index in [0.29, 0.717) is 6.04 Å². The molecule has 1 atom stereocenters. The zero-order valence-electron chi connectivity index (χ0n) is 12.6. The van der Waals surface area contributed by atoms with Crippen LogP contribution in [0.1, 0.15) is 17.1 Å². The molecule has 0 amide bonds. The molecule has 0 spiro atoms. The Hall–Kier alpha value is -2.14. The molecule has 5 heteroatoms. The Labute approximate surface area is 124 Å². The molecule has 0 saturated carbocycles. The molecular formula is C16H20N4O. The van der Waals surface area contributed by atoms with Gasteiger partial charge in [-0.3, -0.25) is 0 Å². The van der Waals surface area contributed by atoms with Crippen molar-refractivity contribution in [3.8, 4) is 5.75 Å². The zero-order chi connectivity index (χ0) is 14.8. The van der Waals surface area contributed by atoms with E-state index in [1.54, 1.807) is 7.11 Å². The summed E-state index contributed by atoms with van der Waals surface area (Å²) in [6, 6.07) is 8.31. The molecule has 2 aromatic rings. The van der Waals surface area contributed by atoms with Crippen LogP contribution in [-0.4, -0.2) is 30.2 Å². The number of hydrogen-bond donors (Lipinski definition) is 2. The van der Waals surface area contributed by atoms with Gasteiger partial charge in [0.15, 0.2) is 0 Å². The summed E-state index contributed by atoms with van der Waals surface area (Å²) < 4.78 is 5.18. The van der Waals surface area contributed by atoms with Crippen LogP contribution in [-0.2, 0) is 12.8 Å². The number of hydrogen-bond acceptors (Lipinski definition) is 5. The molecule has 5 nitrogen and oxygen atoms in total. The summed E-state index contributed by atoms with van der Waals surface area (Å²) in [6.45, 7) is 1.94. The quantitative estimate of drug-likeness (QED) is 0.901. The van der Waals surface area contributed by atoms with E-state index in [4.69, 9.17) is 4.74 Å². The first-order valence-electron chi connectivity index (χ1n) is 7.14. The number of fused-ring (bicyclic) bond motifs is 1. The van der Waals surface area contributed by atoms with E-state index in [1.165, 1.54) is 5.56 Å². The smallest absolute Gasteiger partial charge is 0.137 e. The van der Waals surface area contributed by atoms with Crippen molar-refractivity contribution in [3.05, 3.63) is 41.3 Å². The lowest BCUT2D eigenvalue weighted by Gasteiger charge is -2.11. The van der Waals surface area contributed by atoms with Gasteiger partial charge in [-0.2, -0.15) is 0 Å². The Bertz CT molecular complexity index is 639. The molecule has 0 saturated heterocycles. The predicted octanol–water partition coefficient (Wildman–Crippen LogP) is 2.22. The lowest BCUT2D eigenvalue weighted by Crippen LogP contribution is -2.25. The molecule has 0 radical (unpaired) electrons. The molecule has 0 aliphatic heterocycles. The number of likely N-dealkylation sites (N-methyl/N-ethyl adjacent to an activating group) is 1. The fraction of sp³-hybridized carbons (Fsp3) is 0.375. The topological polar surface area (TPSA) is 59.1 Å². The molecule has 0 fully saturated rings. The monoisotopic (exact) mass is 284 g/mol. The number of methoxy groups -OCH3 is 1. The summed E-state index contributed by atoms with van der Waals surface area (Å²) in [7, 11) is 3.66. The zero-order valence-corrected chi connectivity index (χ0v) is 12.6. The number of rotatable bonds is 4. The summed E-state index contributed by atoms with van der Waals surface area (Å²) in [4.78, 5) is 9.14. The first kappa shape index (κ1) is 13.8. The van der Waals surface area contributed by atoms with E-state index in [9.17, 15) is 0 Å². The Morgan fingerprint density at radius 3 is 2.57 bits per heavy atom. The highest BCUT2D eigenvalue weighted by Crippen LogP contribution is 2.29. The highest BCUT2D eigenvalue weighted by atomic mass is 16.5. The van der Waals surface area contributed by atoms with E-state index < -0.39 is 0 Å². The normalized spacial score (nSPS) is 16.6. The SMILES string of the molecule is CNC1Cc2nc(C)nc(Nc3ccc(OC)cc3)c2C1. The molecule has 1 aliphatic carbocycles. The van der Waals surface area contributed by atoms with Gasteiger partial charge in [-0.25, -0.2) is 9.97 Å². The molecule has 1 aromatic carbocycles. The maximum Gasteiger partial charge on any atom is 0.137 e. The summed E-state index contributed by atoms with van der Waals surface area (Å²) in [5, 5.41) is 6.73. The highest BCUT2D eigenvalue weighted by Gasteiger charge is 2.25. The van der Waals surface area contributed by atoms with Crippen molar-refractivity contribution in [2.75, 3.05) is 19.5 Å². The van der Waals surface area contributed by atoms with Crippen molar-refractivity contribution < 1.29 is 4.74 Å². The third kappa shape index (κ3) is 2.83. The second kappa shape index (κ2) is 5.69. The fourth-order valence-electron chi connectivity index (χ4n) is 2.71. The third-order valence-corrected chi connectivity index (χ3v) is 3.86. The molecular weight excluding hydrogens is 264 g/mol. The number of benzene rings is 1. The number of aryl methyl sites for hydroxylation is 1. The van der Waals surface area contributed by atoms with Crippen molar-refractivity contribution in [2.45, 2.75) is 25.8 Å². The summed E-state index contributed by atoms with van der Waals surface area (Å²) in [5.41, 5.74) is 3.37. The van der Waals surface area contributed by atoms with Gasteiger partial charge < -0.3 is 15.4 Å². The van der Waals surface area contributed by atoms with Crippen LogP contribution in [0, 0.1) is 6.92 Å². The van der Waals surface area contributed by atoms with Gasteiger partial charge in [0.1, 0.15) is 17.4 Å². The van der Waals surface area contributed by atoms with E-state index in [1.807, 2.05) is 38.2 Å². The van der Waals surface area contributed by atoms with Crippen LogP contribution < -0.4 is 15.4 Å². The molecule has 21 heavy (non-hydrogen) atoms. The highest BCUT2D eigenvalue weighted by molar-refractivity contribution is 5.62. The summed E-state index contributed by atoms with van der Waals surface area (Å²) in [5.74, 6) is 2.57. The number of aromatic nitrogens is 2.